The Hall–Kier alpha value is -1.03. The maximum atomic E-state index is 6.14. The van der Waals surface area contributed by atoms with Crippen LogP contribution in [0.25, 0.3) is 0 Å². The molecule has 0 aromatic heterocycles. The molecule has 0 aliphatic heterocycles. The van der Waals surface area contributed by atoms with Crippen molar-refractivity contribution in [3.63, 3.8) is 0 Å². The minimum absolute atomic E-state index is 0.580. The number of hydrogen-bond donors (Lipinski definition) is 1. The fraction of sp³-hybridized carbons (Fsp3) is 0.143. The van der Waals surface area contributed by atoms with Crippen LogP contribution in [-0.2, 0) is 0 Å². The van der Waals surface area contributed by atoms with Crippen molar-refractivity contribution in [2.75, 3.05) is 12.3 Å². The molecule has 2 N–H and O–H groups in total. The molecule has 5 heteroatoms. The minimum atomic E-state index is 0.580. The van der Waals surface area contributed by atoms with Gasteiger partial charge in [-0.1, -0.05) is 35.0 Å². The quantitative estimate of drug-likeness (QED) is 0.795. The van der Waals surface area contributed by atoms with E-state index < -0.39 is 0 Å². The Morgan fingerprint density at radius 2 is 1.95 bits per heavy atom. The first-order valence-electron chi connectivity index (χ1n) is 5.75. The molecule has 0 radical (unpaired) electrons. The molecule has 100 valence electrons. The molecule has 0 unspecified atom stereocenters. The van der Waals surface area contributed by atoms with Gasteiger partial charge in [0.25, 0.3) is 0 Å². The zero-order valence-corrected chi connectivity index (χ0v) is 12.6. The van der Waals surface area contributed by atoms with Crippen LogP contribution in [0.3, 0.4) is 0 Å². The summed E-state index contributed by atoms with van der Waals surface area (Å²) in [5, 5.41) is 1.33. The van der Waals surface area contributed by atoms with Crippen LogP contribution in [0, 0.1) is 0 Å². The van der Waals surface area contributed by atoms with Gasteiger partial charge in [-0.2, -0.15) is 0 Å². The van der Waals surface area contributed by atoms with E-state index in [1.54, 1.807) is 12.1 Å². The summed E-state index contributed by atoms with van der Waals surface area (Å²) in [4.78, 5) is 1.91. The first kappa shape index (κ1) is 14.4. The Labute approximate surface area is 126 Å². The summed E-state index contributed by atoms with van der Waals surface area (Å²) in [7, 11) is 0. The van der Waals surface area contributed by atoms with Crippen molar-refractivity contribution in [3.8, 4) is 5.75 Å². The summed E-state index contributed by atoms with van der Waals surface area (Å²) in [5.41, 5.74) is 6.47. The molecule has 0 fully saturated rings. The first-order valence-corrected chi connectivity index (χ1v) is 7.32. The molecule has 0 heterocycles. The molecule has 0 amide bonds. The second-order valence-electron chi connectivity index (χ2n) is 3.81. The topological polar surface area (TPSA) is 35.2 Å². The zero-order valence-electron chi connectivity index (χ0n) is 10.3. The third-order valence-electron chi connectivity index (χ3n) is 2.41. The third kappa shape index (κ3) is 3.72. The summed E-state index contributed by atoms with van der Waals surface area (Å²) in [6.07, 6.45) is 0. The van der Waals surface area contributed by atoms with Crippen molar-refractivity contribution in [3.05, 3.63) is 46.4 Å². The van der Waals surface area contributed by atoms with Gasteiger partial charge in [0.05, 0.1) is 17.3 Å². The number of nitrogens with two attached hydrogens (primary N) is 1. The van der Waals surface area contributed by atoms with Crippen molar-refractivity contribution in [2.24, 2.45) is 0 Å². The van der Waals surface area contributed by atoms with Crippen LogP contribution in [0.2, 0.25) is 10.0 Å². The van der Waals surface area contributed by atoms with Crippen LogP contribution >= 0.6 is 35.0 Å². The lowest BCUT2D eigenvalue weighted by molar-refractivity contribution is 0.341. The molecule has 0 atom stereocenters. The highest BCUT2D eigenvalue weighted by Crippen LogP contribution is 2.37. The van der Waals surface area contributed by atoms with E-state index in [1.165, 1.54) is 11.8 Å². The van der Waals surface area contributed by atoms with Crippen molar-refractivity contribution in [2.45, 2.75) is 16.7 Å². The van der Waals surface area contributed by atoms with Gasteiger partial charge in [0.2, 0.25) is 0 Å². The fourth-order valence-electron chi connectivity index (χ4n) is 1.54. The number of rotatable bonds is 4. The van der Waals surface area contributed by atoms with E-state index in [2.05, 4.69) is 0 Å². The molecule has 0 bridgehead atoms. The van der Waals surface area contributed by atoms with E-state index in [1.807, 2.05) is 31.2 Å². The van der Waals surface area contributed by atoms with Gasteiger partial charge in [0.1, 0.15) is 5.75 Å². The van der Waals surface area contributed by atoms with E-state index in [0.29, 0.717) is 28.1 Å². The SMILES string of the molecule is CCOc1cc(Sc2cc(Cl)ccc2Cl)ccc1N. The lowest BCUT2D eigenvalue weighted by Crippen LogP contribution is -1.96. The minimum Gasteiger partial charge on any atom is -0.492 e. The molecule has 2 rings (SSSR count). The monoisotopic (exact) mass is 313 g/mol. The Balaban J connectivity index is 2.28. The first-order chi connectivity index (χ1) is 9.10. The molecule has 0 aliphatic carbocycles. The number of halogens is 2. The van der Waals surface area contributed by atoms with Crippen LogP contribution < -0.4 is 10.5 Å². The Bertz CT molecular complexity index is 590. The van der Waals surface area contributed by atoms with Gasteiger partial charge >= 0.3 is 0 Å². The molecular weight excluding hydrogens is 301 g/mol. The predicted octanol–water partition coefficient (Wildman–Crippen LogP) is 5.13. The summed E-state index contributed by atoms with van der Waals surface area (Å²) >= 11 is 13.6. The fourth-order valence-corrected chi connectivity index (χ4v) is 2.92. The van der Waals surface area contributed by atoms with E-state index in [4.69, 9.17) is 33.7 Å². The molecule has 0 aliphatic rings. The Morgan fingerprint density at radius 1 is 1.16 bits per heavy atom. The Morgan fingerprint density at radius 3 is 2.68 bits per heavy atom. The van der Waals surface area contributed by atoms with Crippen molar-refractivity contribution < 1.29 is 4.74 Å². The number of anilines is 1. The standard InChI is InChI=1S/C14H13Cl2NOS/c1-2-18-13-8-10(4-6-12(13)17)19-14-7-9(15)3-5-11(14)16/h3-8H,2,17H2,1H3. The second kappa shape index (κ2) is 6.42. The van der Waals surface area contributed by atoms with Crippen molar-refractivity contribution in [1.29, 1.82) is 0 Å². The van der Waals surface area contributed by atoms with Crippen molar-refractivity contribution >= 4 is 40.7 Å². The molecule has 19 heavy (non-hydrogen) atoms. The second-order valence-corrected chi connectivity index (χ2v) is 5.77. The molecular formula is C14H13Cl2NOS. The summed E-state index contributed by atoms with van der Waals surface area (Å²) in [6.45, 7) is 2.50. The van der Waals surface area contributed by atoms with Gasteiger partial charge in [-0.25, -0.2) is 0 Å². The molecule has 0 saturated carbocycles. The van der Waals surface area contributed by atoms with Crippen LogP contribution in [0.1, 0.15) is 6.92 Å². The maximum Gasteiger partial charge on any atom is 0.143 e. The van der Waals surface area contributed by atoms with E-state index >= 15 is 0 Å². The highest BCUT2D eigenvalue weighted by Gasteiger charge is 2.07. The van der Waals surface area contributed by atoms with Gasteiger partial charge in [0, 0.05) is 14.8 Å². The van der Waals surface area contributed by atoms with Gasteiger partial charge in [-0.15, -0.1) is 0 Å². The summed E-state index contributed by atoms with van der Waals surface area (Å²) in [6, 6.07) is 11.0. The van der Waals surface area contributed by atoms with Gasteiger partial charge in [-0.05, 0) is 43.3 Å². The van der Waals surface area contributed by atoms with Crippen molar-refractivity contribution in [1.82, 2.24) is 0 Å². The van der Waals surface area contributed by atoms with Crippen LogP contribution in [0.5, 0.6) is 5.75 Å². The van der Waals surface area contributed by atoms with Crippen LogP contribution in [-0.4, -0.2) is 6.61 Å². The lowest BCUT2D eigenvalue weighted by atomic mass is 10.3. The smallest absolute Gasteiger partial charge is 0.143 e. The highest BCUT2D eigenvalue weighted by atomic mass is 35.5. The highest BCUT2D eigenvalue weighted by molar-refractivity contribution is 7.99. The van der Waals surface area contributed by atoms with E-state index in [0.717, 1.165) is 9.79 Å². The number of ether oxygens (including phenoxy) is 1. The number of benzene rings is 2. The van der Waals surface area contributed by atoms with E-state index in [9.17, 15) is 0 Å². The van der Waals surface area contributed by atoms with Crippen LogP contribution in [0.15, 0.2) is 46.2 Å². The van der Waals surface area contributed by atoms with Gasteiger partial charge < -0.3 is 10.5 Å². The average molecular weight is 314 g/mol. The molecule has 2 aromatic carbocycles. The molecule has 0 spiro atoms. The van der Waals surface area contributed by atoms with Gasteiger partial charge in [-0.3, -0.25) is 0 Å². The maximum absolute atomic E-state index is 6.14. The number of hydrogen-bond acceptors (Lipinski definition) is 3. The summed E-state index contributed by atoms with van der Waals surface area (Å²) < 4.78 is 5.47. The Kier molecular flexibility index (Phi) is 4.86. The largest absolute Gasteiger partial charge is 0.492 e. The predicted molar refractivity (Wildman–Crippen MR) is 82.6 cm³/mol. The van der Waals surface area contributed by atoms with Gasteiger partial charge in [0.15, 0.2) is 0 Å². The normalized spacial score (nSPS) is 10.5. The zero-order chi connectivity index (χ0) is 13.8. The number of nitrogen functional groups attached to an aromatic ring is 1. The van der Waals surface area contributed by atoms with E-state index in [-0.39, 0.29) is 0 Å². The van der Waals surface area contributed by atoms with Crippen LogP contribution in [0.4, 0.5) is 5.69 Å². The molecule has 2 aromatic rings. The average Bonchev–Trinajstić information content (AvgIpc) is 2.38. The molecule has 0 saturated heterocycles. The molecule has 2 nitrogen and oxygen atoms in total. The third-order valence-corrected chi connectivity index (χ3v) is 4.13. The lowest BCUT2D eigenvalue weighted by Gasteiger charge is -2.10. The summed E-state index contributed by atoms with van der Waals surface area (Å²) in [5.74, 6) is 0.686.